The number of ether oxygens (including phenoxy) is 4. The lowest BCUT2D eigenvalue weighted by atomic mass is 9.85. The molecule has 186 valence electrons. The molecule has 0 radical (unpaired) electrons. The fourth-order valence-corrected chi connectivity index (χ4v) is 4.74. The van der Waals surface area contributed by atoms with Crippen molar-refractivity contribution in [2.75, 3.05) is 39.6 Å². The van der Waals surface area contributed by atoms with Gasteiger partial charge in [-0.05, 0) is 48.2 Å². The third kappa shape index (κ3) is 5.74. The van der Waals surface area contributed by atoms with Crippen LogP contribution in [0.15, 0.2) is 42.5 Å². The van der Waals surface area contributed by atoms with E-state index in [1.807, 2.05) is 49.4 Å². The van der Waals surface area contributed by atoms with E-state index in [0.717, 1.165) is 22.4 Å². The number of halogens is 1. The summed E-state index contributed by atoms with van der Waals surface area (Å²) in [5, 5.41) is 31.5. The van der Waals surface area contributed by atoms with Gasteiger partial charge in [-0.2, -0.15) is 0 Å². The number of hydrogen-bond donors (Lipinski definition) is 3. The van der Waals surface area contributed by atoms with Crippen molar-refractivity contribution in [2.45, 2.75) is 43.7 Å². The van der Waals surface area contributed by atoms with Gasteiger partial charge in [-0.3, -0.25) is 0 Å². The van der Waals surface area contributed by atoms with E-state index in [4.69, 9.17) is 30.5 Å². The SMILES string of the molecule is CCOc1ccc(Cc2cc(C3CC(O)[C@H](O)C4(COCC(CO)COC4)O3)ccc2Cl)cc1. The first-order valence-electron chi connectivity index (χ1n) is 11.7. The van der Waals surface area contributed by atoms with Crippen molar-refractivity contribution in [2.24, 2.45) is 5.92 Å². The molecule has 1 spiro atoms. The van der Waals surface area contributed by atoms with Crippen molar-refractivity contribution in [1.29, 1.82) is 0 Å². The maximum atomic E-state index is 10.8. The zero-order valence-corrected chi connectivity index (χ0v) is 20.1. The van der Waals surface area contributed by atoms with Crippen LogP contribution in [0.1, 0.15) is 36.1 Å². The molecule has 2 aliphatic rings. The highest BCUT2D eigenvalue weighted by molar-refractivity contribution is 6.31. The maximum Gasteiger partial charge on any atom is 0.144 e. The Hall–Kier alpha value is -1.71. The molecule has 0 amide bonds. The van der Waals surface area contributed by atoms with E-state index in [1.54, 1.807) is 0 Å². The Kier molecular flexibility index (Phi) is 8.47. The standard InChI is InChI=1S/C26H33ClO7/c1-2-33-21-6-3-17(4-7-21)9-20-10-19(5-8-22(20)27)24-11-23(29)25(30)26(34-24)15-31-13-18(12-28)14-32-16-26/h3-8,10,18,23-25,28-30H,2,9,11-16H2,1H3/t18?,23?,24?,25-,26?/m0/s1. The topological polar surface area (TPSA) is 97.6 Å². The number of hydrogen-bond acceptors (Lipinski definition) is 7. The summed E-state index contributed by atoms with van der Waals surface area (Å²) < 4.78 is 23.4. The zero-order chi connectivity index (χ0) is 24.1. The predicted molar refractivity (Wildman–Crippen MR) is 127 cm³/mol. The molecule has 2 aliphatic heterocycles. The van der Waals surface area contributed by atoms with Crippen LogP contribution in [0.2, 0.25) is 5.02 Å². The highest BCUT2D eigenvalue weighted by atomic mass is 35.5. The van der Waals surface area contributed by atoms with Crippen LogP contribution in [0.4, 0.5) is 0 Å². The van der Waals surface area contributed by atoms with Gasteiger partial charge in [0.05, 0.1) is 51.8 Å². The Balaban J connectivity index is 1.53. The second-order valence-corrected chi connectivity index (χ2v) is 9.51. The van der Waals surface area contributed by atoms with Gasteiger partial charge in [0.15, 0.2) is 0 Å². The Morgan fingerprint density at radius 2 is 1.76 bits per heavy atom. The molecule has 3 N–H and O–H groups in total. The molecule has 2 fully saturated rings. The monoisotopic (exact) mass is 492 g/mol. The van der Waals surface area contributed by atoms with Crippen LogP contribution >= 0.6 is 11.6 Å². The first kappa shape index (κ1) is 25.4. The maximum absolute atomic E-state index is 10.8. The first-order valence-corrected chi connectivity index (χ1v) is 12.1. The summed E-state index contributed by atoms with van der Waals surface area (Å²) >= 11 is 6.51. The first-order chi connectivity index (χ1) is 16.4. The molecule has 34 heavy (non-hydrogen) atoms. The molecule has 2 heterocycles. The third-order valence-electron chi connectivity index (χ3n) is 6.46. The van der Waals surface area contributed by atoms with Gasteiger partial charge in [-0.15, -0.1) is 0 Å². The molecule has 2 aromatic carbocycles. The van der Waals surface area contributed by atoms with Gasteiger partial charge in [0.2, 0.25) is 0 Å². The molecule has 7 nitrogen and oxygen atoms in total. The Labute approximate surface area is 205 Å². The average molecular weight is 493 g/mol. The van der Waals surface area contributed by atoms with Crippen LogP contribution in [-0.4, -0.2) is 72.8 Å². The molecule has 2 unspecified atom stereocenters. The van der Waals surface area contributed by atoms with Gasteiger partial charge in [0, 0.05) is 17.4 Å². The molecule has 3 atom stereocenters. The minimum atomic E-state index is -1.20. The van der Waals surface area contributed by atoms with Gasteiger partial charge < -0.3 is 34.3 Å². The summed E-state index contributed by atoms with van der Waals surface area (Å²) in [7, 11) is 0. The minimum Gasteiger partial charge on any atom is -0.494 e. The molecule has 0 aromatic heterocycles. The molecule has 4 rings (SSSR count). The fraction of sp³-hybridized carbons (Fsp3) is 0.538. The molecule has 0 bridgehead atoms. The largest absolute Gasteiger partial charge is 0.494 e. The van der Waals surface area contributed by atoms with Crippen molar-refractivity contribution in [3.63, 3.8) is 0 Å². The van der Waals surface area contributed by atoms with E-state index in [0.29, 0.717) is 31.3 Å². The molecular weight excluding hydrogens is 460 g/mol. The van der Waals surface area contributed by atoms with Crippen LogP contribution in [0.3, 0.4) is 0 Å². The van der Waals surface area contributed by atoms with E-state index in [9.17, 15) is 15.3 Å². The summed E-state index contributed by atoms with van der Waals surface area (Å²) in [5.41, 5.74) is 1.71. The molecule has 2 aromatic rings. The highest BCUT2D eigenvalue weighted by Gasteiger charge is 2.50. The second kappa shape index (κ2) is 11.4. The number of aliphatic hydroxyl groups is 3. The lowest BCUT2D eigenvalue weighted by Gasteiger charge is -2.47. The van der Waals surface area contributed by atoms with Crippen molar-refractivity contribution < 1.29 is 34.3 Å². The van der Waals surface area contributed by atoms with Crippen molar-refractivity contribution >= 4 is 11.6 Å². The molecule has 2 saturated heterocycles. The minimum absolute atomic E-state index is 0.0381. The van der Waals surface area contributed by atoms with Gasteiger partial charge in [-0.1, -0.05) is 35.9 Å². The van der Waals surface area contributed by atoms with E-state index in [1.165, 1.54) is 0 Å². The van der Waals surface area contributed by atoms with Gasteiger partial charge in [0.25, 0.3) is 0 Å². The zero-order valence-electron chi connectivity index (χ0n) is 19.4. The molecule has 8 heteroatoms. The number of rotatable bonds is 6. The molecule has 0 aliphatic carbocycles. The Bertz CT molecular complexity index is 925. The van der Waals surface area contributed by atoms with Crippen LogP contribution in [0.5, 0.6) is 5.75 Å². The van der Waals surface area contributed by atoms with Crippen molar-refractivity contribution in [1.82, 2.24) is 0 Å². The Morgan fingerprint density at radius 3 is 2.41 bits per heavy atom. The highest BCUT2D eigenvalue weighted by Crippen LogP contribution is 2.40. The number of benzene rings is 2. The lowest BCUT2D eigenvalue weighted by Crippen LogP contribution is -2.61. The fourth-order valence-electron chi connectivity index (χ4n) is 4.56. The van der Waals surface area contributed by atoms with E-state index in [-0.39, 0.29) is 32.2 Å². The summed E-state index contributed by atoms with van der Waals surface area (Å²) in [4.78, 5) is 0. The van der Waals surface area contributed by atoms with Crippen molar-refractivity contribution in [3.8, 4) is 5.75 Å². The lowest BCUT2D eigenvalue weighted by molar-refractivity contribution is -0.273. The van der Waals surface area contributed by atoms with Crippen molar-refractivity contribution in [3.05, 3.63) is 64.2 Å². The molecule has 0 saturated carbocycles. The average Bonchev–Trinajstić information content (AvgIpc) is 2.82. The summed E-state index contributed by atoms with van der Waals surface area (Å²) in [6.07, 6.45) is -1.73. The third-order valence-corrected chi connectivity index (χ3v) is 6.83. The Morgan fingerprint density at radius 1 is 1.06 bits per heavy atom. The summed E-state index contributed by atoms with van der Waals surface area (Å²) in [5.74, 6) is 0.703. The predicted octanol–water partition coefficient (Wildman–Crippen LogP) is 2.91. The van der Waals surface area contributed by atoms with Crippen LogP contribution < -0.4 is 4.74 Å². The van der Waals surface area contributed by atoms with Gasteiger partial charge >= 0.3 is 0 Å². The van der Waals surface area contributed by atoms with Gasteiger partial charge in [0.1, 0.15) is 17.5 Å². The molecular formula is C26H33ClO7. The number of aliphatic hydroxyl groups excluding tert-OH is 3. The quantitative estimate of drug-likeness (QED) is 0.570. The summed E-state index contributed by atoms with van der Waals surface area (Å²) in [6.45, 7) is 3.24. The van der Waals surface area contributed by atoms with E-state index in [2.05, 4.69) is 0 Å². The smallest absolute Gasteiger partial charge is 0.144 e. The van der Waals surface area contributed by atoms with E-state index >= 15 is 0 Å². The normalized spacial score (nSPS) is 30.0. The van der Waals surface area contributed by atoms with E-state index < -0.39 is 23.9 Å². The van der Waals surface area contributed by atoms with Gasteiger partial charge in [-0.25, -0.2) is 0 Å². The van der Waals surface area contributed by atoms with Crippen LogP contribution in [-0.2, 0) is 20.6 Å². The van der Waals surface area contributed by atoms with Crippen LogP contribution in [0, 0.1) is 5.92 Å². The van der Waals surface area contributed by atoms with Crippen LogP contribution in [0.25, 0.3) is 0 Å². The second-order valence-electron chi connectivity index (χ2n) is 9.10. The summed E-state index contributed by atoms with van der Waals surface area (Å²) in [6, 6.07) is 13.6.